The summed E-state index contributed by atoms with van der Waals surface area (Å²) in [5, 5.41) is 0. The molecule has 0 aromatic rings. The highest BCUT2D eigenvalue weighted by Gasteiger charge is 2.41. The lowest BCUT2D eigenvalue weighted by atomic mass is 9.61. The van der Waals surface area contributed by atoms with Crippen LogP contribution in [0, 0.1) is 17.3 Å². The maximum Gasteiger partial charge on any atom is 0.0184 e. The van der Waals surface area contributed by atoms with Crippen LogP contribution in [0.15, 0.2) is 12.2 Å². The van der Waals surface area contributed by atoms with Gasteiger partial charge >= 0.3 is 0 Å². The Morgan fingerprint density at radius 1 is 1.41 bits per heavy atom. The van der Waals surface area contributed by atoms with Gasteiger partial charge in [-0.3, -0.25) is 0 Å². The molecule has 0 radical (unpaired) electrons. The second kappa shape index (κ2) is 5.53. The van der Waals surface area contributed by atoms with Gasteiger partial charge in [0.1, 0.15) is 0 Å². The summed E-state index contributed by atoms with van der Waals surface area (Å²) in [4.78, 5) is 2.40. The minimum atomic E-state index is 0.348. The van der Waals surface area contributed by atoms with Crippen LogP contribution in [0.5, 0.6) is 0 Å². The molecule has 0 amide bonds. The molecule has 0 saturated heterocycles. The first-order valence-corrected chi connectivity index (χ1v) is 6.83. The van der Waals surface area contributed by atoms with Crippen LogP contribution in [-0.2, 0) is 0 Å². The van der Waals surface area contributed by atoms with E-state index in [1.807, 2.05) is 0 Å². The van der Waals surface area contributed by atoms with Gasteiger partial charge in [-0.25, -0.2) is 0 Å². The van der Waals surface area contributed by atoms with Crippen molar-refractivity contribution in [2.24, 2.45) is 23.0 Å². The predicted octanol–water partition coefficient (Wildman–Crippen LogP) is 2.89. The third kappa shape index (κ3) is 3.56. The standard InChI is InChI=1S/C15H30N2/c1-11(2)9-17(6)10-13-7-8-14(16)12(3)15(13,4)5/h12-14H,1,7-10,16H2,2-6H3. The van der Waals surface area contributed by atoms with Crippen molar-refractivity contribution in [3.63, 3.8) is 0 Å². The summed E-state index contributed by atoms with van der Waals surface area (Å²) < 4.78 is 0. The number of rotatable bonds is 4. The fraction of sp³-hybridized carbons (Fsp3) is 0.867. The van der Waals surface area contributed by atoms with Crippen molar-refractivity contribution in [1.29, 1.82) is 0 Å². The molecule has 0 heterocycles. The molecule has 2 N–H and O–H groups in total. The van der Waals surface area contributed by atoms with E-state index in [0.717, 1.165) is 19.0 Å². The highest BCUT2D eigenvalue weighted by Crippen LogP contribution is 2.44. The first-order valence-electron chi connectivity index (χ1n) is 6.83. The van der Waals surface area contributed by atoms with E-state index in [1.54, 1.807) is 0 Å². The highest BCUT2D eigenvalue weighted by atomic mass is 15.1. The summed E-state index contributed by atoms with van der Waals surface area (Å²) >= 11 is 0. The molecule has 1 fully saturated rings. The van der Waals surface area contributed by atoms with Crippen molar-refractivity contribution in [1.82, 2.24) is 4.90 Å². The molecule has 2 heteroatoms. The molecule has 1 saturated carbocycles. The summed E-state index contributed by atoms with van der Waals surface area (Å²) in [6.45, 7) is 15.3. The molecule has 100 valence electrons. The Morgan fingerprint density at radius 2 is 2.00 bits per heavy atom. The molecule has 0 bridgehead atoms. The number of hydrogen-bond donors (Lipinski definition) is 1. The molecule has 3 atom stereocenters. The van der Waals surface area contributed by atoms with Crippen LogP contribution in [0.1, 0.15) is 40.5 Å². The van der Waals surface area contributed by atoms with Crippen molar-refractivity contribution in [3.05, 3.63) is 12.2 Å². The van der Waals surface area contributed by atoms with Gasteiger partial charge < -0.3 is 10.6 Å². The monoisotopic (exact) mass is 238 g/mol. The van der Waals surface area contributed by atoms with Gasteiger partial charge in [0.05, 0.1) is 0 Å². The maximum atomic E-state index is 6.20. The third-order valence-electron chi connectivity index (χ3n) is 4.79. The van der Waals surface area contributed by atoms with Crippen LogP contribution in [0.2, 0.25) is 0 Å². The van der Waals surface area contributed by atoms with Gasteiger partial charge in [-0.1, -0.05) is 32.9 Å². The molecule has 1 aliphatic rings. The van der Waals surface area contributed by atoms with E-state index in [2.05, 4.69) is 46.2 Å². The van der Waals surface area contributed by atoms with E-state index in [4.69, 9.17) is 5.73 Å². The Balaban J connectivity index is 2.61. The largest absolute Gasteiger partial charge is 0.327 e. The summed E-state index contributed by atoms with van der Waals surface area (Å²) in [5.41, 5.74) is 7.79. The minimum Gasteiger partial charge on any atom is -0.327 e. The number of nitrogens with zero attached hydrogens (tertiary/aromatic N) is 1. The van der Waals surface area contributed by atoms with Crippen molar-refractivity contribution < 1.29 is 0 Å². The summed E-state index contributed by atoms with van der Waals surface area (Å²) in [5.74, 6) is 1.36. The highest BCUT2D eigenvalue weighted by molar-refractivity contribution is 4.96. The zero-order chi connectivity index (χ0) is 13.2. The fourth-order valence-electron chi connectivity index (χ4n) is 3.17. The molecule has 1 aliphatic carbocycles. The number of likely N-dealkylation sites (N-methyl/N-ethyl adjacent to an activating group) is 1. The Hall–Kier alpha value is -0.340. The summed E-state index contributed by atoms with van der Waals surface area (Å²) in [6, 6.07) is 0.382. The molecule has 0 aliphatic heterocycles. The van der Waals surface area contributed by atoms with Gasteiger partial charge in [-0.2, -0.15) is 0 Å². The number of nitrogens with two attached hydrogens (primary N) is 1. The van der Waals surface area contributed by atoms with Gasteiger partial charge in [0.25, 0.3) is 0 Å². The molecular formula is C15H30N2. The molecule has 2 nitrogen and oxygen atoms in total. The summed E-state index contributed by atoms with van der Waals surface area (Å²) in [6.07, 6.45) is 2.44. The van der Waals surface area contributed by atoms with Crippen LogP contribution in [0.4, 0.5) is 0 Å². The van der Waals surface area contributed by atoms with Gasteiger partial charge in [0.2, 0.25) is 0 Å². The van der Waals surface area contributed by atoms with Crippen LogP contribution < -0.4 is 5.73 Å². The Labute approximate surface area is 107 Å². The van der Waals surface area contributed by atoms with E-state index in [-0.39, 0.29) is 0 Å². The van der Waals surface area contributed by atoms with E-state index >= 15 is 0 Å². The Bertz CT molecular complexity index is 270. The van der Waals surface area contributed by atoms with E-state index < -0.39 is 0 Å². The van der Waals surface area contributed by atoms with E-state index in [0.29, 0.717) is 17.4 Å². The van der Waals surface area contributed by atoms with Crippen LogP contribution in [-0.4, -0.2) is 31.1 Å². The average Bonchev–Trinajstić information content (AvgIpc) is 2.19. The fourth-order valence-corrected chi connectivity index (χ4v) is 3.17. The SMILES string of the molecule is C=C(C)CN(C)CC1CCC(N)C(C)C1(C)C. The molecule has 0 aromatic carbocycles. The lowest BCUT2D eigenvalue weighted by molar-refractivity contribution is 0.0354. The topological polar surface area (TPSA) is 29.3 Å². The van der Waals surface area contributed by atoms with Crippen molar-refractivity contribution in [2.75, 3.05) is 20.1 Å². The first kappa shape index (κ1) is 14.7. The lowest BCUT2D eigenvalue weighted by Gasteiger charge is -2.48. The number of hydrogen-bond acceptors (Lipinski definition) is 2. The minimum absolute atomic E-state index is 0.348. The quantitative estimate of drug-likeness (QED) is 0.763. The van der Waals surface area contributed by atoms with Crippen molar-refractivity contribution in [2.45, 2.75) is 46.6 Å². The smallest absolute Gasteiger partial charge is 0.0184 e. The maximum absolute atomic E-state index is 6.20. The van der Waals surface area contributed by atoms with E-state index in [1.165, 1.54) is 18.4 Å². The van der Waals surface area contributed by atoms with Crippen LogP contribution in [0.25, 0.3) is 0 Å². The normalized spacial score (nSPS) is 32.8. The lowest BCUT2D eigenvalue weighted by Crippen LogP contribution is -2.49. The molecule has 3 unspecified atom stereocenters. The predicted molar refractivity (Wildman–Crippen MR) is 76.0 cm³/mol. The van der Waals surface area contributed by atoms with E-state index in [9.17, 15) is 0 Å². The van der Waals surface area contributed by atoms with Gasteiger partial charge in [0.15, 0.2) is 0 Å². The van der Waals surface area contributed by atoms with Crippen LogP contribution >= 0.6 is 0 Å². The molecule has 1 rings (SSSR count). The Morgan fingerprint density at radius 3 is 2.53 bits per heavy atom. The molecule has 0 spiro atoms. The van der Waals surface area contributed by atoms with Crippen molar-refractivity contribution in [3.8, 4) is 0 Å². The second-order valence-electron chi connectivity index (χ2n) is 6.70. The zero-order valence-corrected chi connectivity index (χ0v) is 12.3. The third-order valence-corrected chi connectivity index (χ3v) is 4.79. The summed E-state index contributed by atoms with van der Waals surface area (Å²) in [7, 11) is 2.20. The van der Waals surface area contributed by atoms with Gasteiger partial charge in [0, 0.05) is 19.1 Å². The van der Waals surface area contributed by atoms with Gasteiger partial charge in [-0.05, 0) is 44.1 Å². The Kier molecular flexibility index (Phi) is 4.79. The molecular weight excluding hydrogens is 208 g/mol. The first-order chi connectivity index (χ1) is 7.75. The second-order valence-corrected chi connectivity index (χ2v) is 6.70. The van der Waals surface area contributed by atoms with Crippen LogP contribution in [0.3, 0.4) is 0 Å². The van der Waals surface area contributed by atoms with Gasteiger partial charge in [-0.15, -0.1) is 0 Å². The molecule has 17 heavy (non-hydrogen) atoms. The molecule has 0 aromatic heterocycles. The average molecular weight is 238 g/mol. The van der Waals surface area contributed by atoms with Crippen molar-refractivity contribution >= 4 is 0 Å². The zero-order valence-electron chi connectivity index (χ0n) is 12.3.